The summed E-state index contributed by atoms with van der Waals surface area (Å²) in [5, 5.41) is 3.15. The number of carbonyl (C=O) groups is 3. The summed E-state index contributed by atoms with van der Waals surface area (Å²) in [4.78, 5) is 47.9. The van der Waals surface area contributed by atoms with E-state index in [0.717, 1.165) is 5.56 Å². The number of hydrogen-bond acceptors (Lipinski definition) is 7. The summed E-state index contributed by atoms with van der Waals surface area (Å²) in [5.74, 6) is -1.38. The van der Waals surface area contributed by atoms with Crippen LogP contribution in [-0.4, -0.2) is 24.4 Å². The highest BCUT2D eigenvalue weighted by Crippen LogP contribution is 2.34. The van der Waals surface area contributed by atoms with Gasteiger partial charge in [-0.3, -0.25) is 14.4 Å². The highest BCUT2D eigenvalue weighted by Gasteiger charge is 2.20. The van der Waals surface area contributed by atoms with E-state index in [4.69, 9.17) is 13.9 Å². The Kier molecular flexibility index (Phi) is 7.04. The SMILES string of the molecule is CC(=O)Oc1cc(OC(C)=O)c2c(C)c(CC(=O)NCCc3ccccc3)c(=O)oc2c1. The van der Waals surface area contributed by atoms with Gasteiger partial charge in [-0.15, -0.1) is 0 Å². The standard InChI is InChI=1S/C24H23NO7/c1-14-19(13-22(28)25-10-9-17-7-5-4-6-8-17)24(29)32-21-12-18(30-15(2)26)11-20(23(14)21)31-16(3)27/h4-8,11-12H,9-10,13H2,1-3H3,(H,25,28). The monoisotopic (exact) mass is 437 g/mol. The Morgan fingerprint density at radius 3 is 2.34 bits per heavy atom. The van der Waals surface area contributed by atoms with Crippen LogP contribution in [0.25, 0.3) is 11.0 Å². The lowest BCUT2D eigenvalue weighted by Crippen LogP contribution is -2.29. The molecular weight excluding hydrogens is 414 g/mol. The molecular formula is C24H23NO7. The summed E-state index contributed by atoms with van der Waals surface area (Å²) in [6.07, 6.45) is 0.470. The van der Waals surface area contributed by atoms with Crippen LogP contribution in [0.5, 0.6) is 11.5 Å². The lowest BCUT2D eigenvalue weighted by molar-refractivity contribution is -0.132. The van der Waals surface area contributed by atoms with Crippen molar-refractivity contribution >= 4 is 28.8 Å². The second kappa shape index (κ2) is 9.91. The fraction of sp³-hybridized carbons (Fsp3) is 0.250. The van der Waals surface area contributed by atoms with Crippen molar-refractivity contribution in [3.63, 3.8) is 0 Å². The minimum atomic E-state index is -0.693. The molecule has 0 unspecified atom stereocenters. The van der Waals surface area contributed by atoms with E-state index in [9.17, 15) is 19.2 Å². The summed E-state index contributed by atoms with van der Waals surface area (Å²) >= 11 is 0. The smallest absolute Gasteiger partial charge is 0.340 e. The summed E-state index contributed by atoms with van der Waals surface area (Å²) in [6, 6.07) is 12.4. The van der Waals surface area contributed by atoms with Crippen LogP contribution in [-0.2, 0) is 27.2 Å². The van der Waals surface area contributed by atoms with Gasteiger partial charge in [0.2, 0.25) is 5.91 Å². The number of nitrogens with one attached hydrogen (secondary N) is 1. The number of esters is 2. The van der Waals surface area contributed by atoms with Crippen LogP contribution in [0, 0.1) is 6.92 Å². The van der Waals surface area contributed by atoms with E-state index in [1.807, 2.05) is 30.3 Å². The largest absolute Gasteiger partial charge is 0.426 e. The molecule has 0 fully saturated rings. The number of hydrogen-bond donors (Lipinski definition) is 1. The van der Waals surface area contributed by atoms with Gasteiger partial charge in [-0.2, -0.15) is 0 Å². The second-order valence-electron chi connectivity index (χ2n) is 7.24. The van der Waals surface area contributed by atoms with Gasteiger partial charge in [-0.05, 0) is 24.5 Å². The van der Waals surface area contributed by atoms with Crippen LogP contribution in [0.15, 0.2) is 51.7 Å². The number of amides is 1. The van der Waals surface area contributed by atoms with Gasteiger partial charge in [-0.25, -0.2) is 4.79 Å². The van der Waals surface area contributed by atoms with Crippen LogP contribution < -0.4 is 20.4 Å². The zero-order valence-electron chi connectivity index (χ0n) is 18.0. The van der Waals surface area contributed by atoms with Gasteiger partial charge >= 0.3 is 17.6 Å². The lowest BCUT2D eigenvalue weighted by Gasteiger charge is -2.13. The van der Waals surface area contributed by atoms with Crippen molar-refractivity contribution in [2.24, 2.45) is 0 Å². The van der Waals surface area contributed by atoms with Gasteiger partial charge in [-0.1, -0.05) is 30.3 Å². The van der Waals surface area contributed by atoms with Crippen LogP contribution >= 0.6 is 0 Å². The first-order valence-corrected chi connectivity index (χ1v) is 10.0. The summed E-state index contributed by atoms with van der Waals surface area (Å²) in [5.41, 5.74) is 1.07. The molecule has 8 nitrogen and oxygen atoms in total. The predicted molar refractivity (Wildman–Crippen MR) is 117 cm³/mol. The van der Waals surface area contributed by atoms with Gasteiger partial charge in [0.25, 0.3) is 0 Å². The zero-order chi connectivity index (χ0) is 23.3. The quantitative estimate of drug-likeness (QED) is 0.344. The first-order chi connectivity index (χ1) is 15.2. The molecule has 0 saturated carbocycles. The summed E-state index contributed by atoms with van der Waals surface area (Å²) < 4.78 is 15.7. The molecule has 0 aliphatic carbocycles. The van der Waals surface area contributed by atoms with Crippen LogP contribution in [0.2, 0.25) is 0 Å². The molecule has 0 atom stereocenters. The molecule has 1 heterocycles. The van der Waals surface area contributed by atoms with Crippen molar-refractivity contribution < 1.29 is 28.3 Å². The molecule has 0 spiro atoms. The number of fused-ring (bicyclic) bond motifs is 1. The zero-order valence-corrected chi connectivity index (χ0v) is 18.0. The molecule has 1 N–H and O–H groups in total. The first kappa shape index (κ1) is 22.7. The molecule has 1 amide bonds. The molecule has 32 heavy (non-hydrogen) atoms. The Morgan fingerprint density at radius 2 is 1.69 bits per heavy atom. The molecule has 1 aromatic heterocycles. The van der Waals surface area contributed by atoms with Gasteiger partial charge < -0.3 is 19.2 Å². The van der Waals surface area contributed by atoms with Gasteiger partial charge in [0.15, 0.2) is 0 Å². The Labute approximate surface area is 184 Å². The minimum absolute atomic E-state index is 0.0650. The molecule has 3 rings (SSSR count). The molecule has 0 radical (unpaired) electrons. The van der Waals surface area contributed by atoms with E-state index >= 15 is 0 Å². The van der Waals surface area contributed by atoms with Crippen LogP contribution in [0.1, 0.15) is 30.5 Å². The molecule has 8 heteroatoms. The normalized spacial score (nSPS) is 10.6. The number of carbonyl (C=O) groups excluding carboxylic acids is 3. The average Bonchev–Trinajstić information content (AvgIpc) is 2.70. The fourth-order valence-electron chi connectivity index (χ4n) is 3.36. The maximum atomic E-state index is 12.6. The maximum Gasteiger partial charge on any atom is 0.340 e. The summed E-state index contributed by atoms with van der Waals surface area (Å²) in [6.45, 7) is 4.51. The third-order valence-electron chi connectivity index (χ3n) is 4.75. The van der Waals surface area contributed by atoms with E-state index in [-0.39, 0.29) is 35.0 Å². The second-order valence-corrected chi connectivity index (χ2v) is 7.24. The molecule has 0 aliphatic heterocycles. The molecule has 166 valence electrons. The highest BCUT2D eigenvalue weighted by molar-refractivity contribution is 5.92. The lowest BCUT2D eigenvalue weighted by atomic mass is 10.0. The van der Waals surface area contributed by atoms with E-state index in [1.54, 1.807) is 6.92 Å². The van der Waals surface area contributed by atoms with Crippen molar-refractivity contribution in [2.75, 3.05) is 6.54 Å². The third kappa shape index (κ3) is 5.60. The highest BCUT2D eigenvalue weighted by atomic mass is 16.5. The first-order valence-electron chi connectivity index (χ1n) is 10.0. The maximum absolute atomic E-state index is 12.6. The van der Waals surface area contributed by atoms with Crippen LogP contribution in [0.4, 0.5) is 0 Å². The Morgan fingerprint density at radius 1 is 1.00 bits per heavy atom. The van der Waals surface area contributed by atoms with Crippen molar-refractivity contribution in [3.8, 4) is 11.5 Å². The van der Waals surface area contributed by atoms with Crippen molar-refractivity contribution in [3.05, 3.63) is 69.6 Å². The molecule has 0 saturated heterocycles. The Balaban J connectivity index is 1.88. The minimum Gasteiger partial charge on any atom is -0.426 e. The van der Waals surface area contributed by atoms with Crippen molar-refractivity contribution in [1.29, 1.82) is 0 Å². The van der Waals surface area contributed by atoms with Crippen molar-refractivity contribution in [1.82, 2.24) is 5.32 Å². The Bertz CT molecular complexity index is 1230. The van der Waals surface area contributed by atoms with E-state index in [0.29, 0.717) is 23.9 Å². The van der Waals surface area contributed by atoms with E-state index < -0.39 is 17.6 Å². The van der Waals surface area contributed by atoms with E-state index in [2.05, 4.69) is 5.32 Å². The summed E-state index contributed by atoms with van der Waals surface area (Å²) in [7, 11) is 0. The number of benzene rings is 2. The van der Waals surface area contributed by atoms with Gasteiger partial charge in [0.1, 0.15) is 17.1 Å². The fourth-order valence-corrected chi connectivity index (χ4v) is 3.36. The third-order valence-corrected chi connectivity index (χ3v) is 4.75. The van der Waals surface area contributed by atoms with Crippen LogP contribution in [0.3, 0.4) is 0 Å². The predicted octanol–water partition coefficient (Wildman–Crippen LogP) is 2.85. The number of aryl methyl sites for hydroxylation is 1. The average molecular weight is 437 g/mol. The van der Waals surface area contributed by atoms with Gasteiger partial charge in [0, 0.05) is 32.5 Å². The number of ether oxygens (including phenoxy) is 2. The van der Waals surface area contributed by atoms with E-state index in [1.165, 1.54) is 26.0 Å². The van der Waals surface area contributed by atoms with Gasteiger partial charge in [0.05, 0.1) is 17.4 Å². The Hall–Kier alpha value is -3.94. The number of rotatable bonds is 7. The molecule has 3 aromatic rings. The molecule has 0 bridgehead atoms. The molecule has 2 aromatic carbocycles. The molecule has 0 aliphatic rings. The van der Waals surface area contributed by atoms with Crippen molar-refractivity contribution in [2.45, 2.75) is 33.6 Å². The topological polar surface area (TPSA) is 112 Å².